The largest absolute Gasteiger partial charge is 0.396 e. The van der Waals surface area contributed by atoms with Gasteiger partial charge in [0.2, 0.25) is 0 Å². The van der Waals surface area contributed by atoms with Crippen LogP contribution in [0.5, 0.6) is 0 Å². The average Bonchev–Trinajstić information content (AvgIpc) is 2.39. The lowest BCUT2D eigenvalue weighted by Gasteiger charge is -1.94. The minimum atomic E-state index is -0.393. The summed E-state index contributed by atoms with van der Waals surface area (Å²) in [6.45, 7) is 0. The van der Waals surface area contributed by atoms with Crippen LogP contribution in [-0.4, -0.2) is 9.78 Å². The Morgan fingerprint density at radius 3 is 3.00 bits per heavy atom. The van der Waals surface area contributed by atoms with Crippen molar-refractivity contribution in [1.29, 1.82) is 0 Å². The Morgan fingerprint density at radius 2 is 2.25 bits per heavy atom. The zero-order valence-corrected chi connectivity index (χ0v) is 6.58. The molecule has 1 aromatic heterocycles. The van der Waals surface area contributed by atoms with Crippen LogP contribution < -0.4 is 5.73 Å². The average molecular weight is 165 g/mol. The van der Waals surface area contributed by atoms with Gasteiger partial charge in [-0.05, 0) is 12.1 Å². The van der Waals surface area contributed by atoms with Crippen LogP contribution >= 0.6 is 0 Å². The van der Waals surface area contributed by atoms with E-state index in [0.29, 0.717) is 5.39 Å². The van der Waals surface area contributed by atoms with E-state index in [1.165, 1.54) is 6.07 Å². The molecule has 12 heavy (non-hydrogen) atoms. The zero-order chi connectivity index (χ0) is 8.72. The van der Waals surface area contributed by atoms with Gasteiger partial charge in [-0.25, -0.2) is 4.39 Å². The molecule has 2 aromatic rings. The summed E-state index contributed by atoms with van der Waals surface area (Å²) in [7, 11) is 1.78. The molecule has 0 saturated carbocycles. The van der Waals surface area contributed by atoms with Crippen molar-refractivity contribution in [2.24, 2.45) is 7.05 Å². The molecule has 0 aliphatic heterocycles. The standard InChI is InChI=1S/C8H8FN3/c1-12-4-5-7(11-12)3-2-6(9)8(5)10/h2-4H,10H2,1H3. The van der Waals surface area contributed by atoms with Gasteiger partial charge >= 0.3 is 0 Å². The van der Waals surface area contributed by atoms with Gasteiger partial charge in [0.05, 0.1) is 11.2 Å². The molecule has 3 nitrogen and oxygen atoms in total. The summed E-state index contributed by atoms with van der Waals surface area (Å²) >= 11 is 0. The van der Waals surface area contributed by atoms with Gasteiger partial charge in [-0.2, -0.15) is 5.10 Å². The molecule has 0 bridgehead atoms. The van der Waals surface area contributed by atoms with Crippen molar-refractivity contribution in [1.82, 2.24) is 9.78 Å². The number of aryl methyl sites for hydroxylation is 1. The van der Waals surface area contributed by atoms with Crippen molar-refractivity contribution in [2.45, 2.75) is 0 Å². The Bertz CT molecular complexity index is 433. The quantitative estimate of drug-likeness (QED) is 0.598. The normalized spacial score (nSPS) is 10.8. The highest BCUT2D eigenvalue weighted by Crippen LogP contribution is 2.21. The predicted octanol–water partition coefficient (Wildman–Crippen LogP) is 1.29. The Balaban J connectivity index is 2.89. The zero-order valence-electron chi connectivity index (χ0n) is 6.58. The number of nitrogens with two attached hydrogens (primary N) is 1. The van der Waals surface area contributed by atoms with Crippen LogP contribution in [0.25, 0.3) is 10.9 Å². The molecule has 0 aliphatic carbocycles. The van der Waals surface area contributed by atoms with Gasteiger partial charge in [0.25, 0.3) is 0 Å². The molecular weight excluding hydrogens is 157 g/mol. The van der Waals surface area contributed by atoms with Crippen molar-refractivity contribution in [3.8, 4) is 0 Å². The first-order valence-electron chi connectivity index (χ1n) is 3.56. The van der Waals surface area contributed by atoms with E-state index < -0.39 is 5.82 Å². The minimum absolute atomic E-state index is 0.167. The van der Waals surface area contributed by atoms with Crippen molar-refractivity contribution < 1.29 is 4.39 Å². The Morgan fingerprint density at radius 1 is 1.50 bits per heavy atom. The first kappa shape index (κ1) is 7.09. The first-order chi connectivity index (χ1) is 5.68. The number of halogens is 1. The van der Waals surface area contributed by atoms with E-state index >= 15 is 0 Å². The Kier molecular flexibility index (Phi) is 1.30. The summed E-state index contributed by atoms with van der Waals surface area (Å²) in [5.74, 6) is -0.393. The van der Waals surface area contributed by atoms with Crippen molar-refractivity contribution >= 4 is 16.6 Å². The van der Waals surface area contributed by atoms with E-state index in [2.05, 4.69) is 5.10 Å². The molecule has 0 saturated heterocycles. The van der Waals surface area contributed by atoms with Crippen LogP contribution in [0.2, 0.25) is 0 Å². The van der Waals surface area contributed by atoms with Gasteiger partial charge in [-0.3, -0.25) is 4.68 Å². The van der Waals surface area contributed by atoms with E-state index in [-0.39, 0.29) is 5.69 Å². The summed E-state index contributed by atoms with van der Waals surface area (Å²) in [6.07, 6.45) is 1.70. The molecule has 0 amide bonds. The van der Waals surface area contributed by atoms with Crippen LogP contribution in [0.4, 0.5) is 10.1 Å². The molecule has 62 valence electrons. The Hall–Kier alpha value is -1.58. The van der Waals surface area contributed by atoms with E-state index in [4.69, 9.17) is 5.73 Å². The lowest BCUT2D eigenvalue weighted by atomic mass is 10.2. The monoisotopic (exact) mass is 165 g/mol. The summed E-state index contributed by atoms with van der Waals surface area (Å²) in [6, 6.07) is 2.94. The number of benzene rings is 1. The van der Waals surface area contributed by atoms with E-state index in [9.17, 15) is 4.39 Å². The smallest absolute Gasteiger partial charge is 0.146 e. The summed E-state index contributed by atoms with van der Waals surface area (Å²) in [5.41, 5.74) is 6.39. The Labute approximate surface area is 68.6 Å². The summed E-state index contributed by atoms with van der Waals surface area (Å²) < 4.78 is 14.5. The van der Waals surface area contributed by atoms with Crippen LogP contribution in [0.3, 0.4) is 0 Å². The maximum Gasteiger partial charge on any atom is 0.146 e. The lowest BCUT2D eigenvalue weighted by molar-refractivity contribution is 0.634. The molecule has 0 atom stereocenters. The second-order valence-corrected chi connectivity index (χ2v) is 2.70. The third kappa shape index (κ3) is 0.845. The molecule has 1 aromatic carbocycles. The molecule has 2 rings (SSSR count). The summed E-state index contributed by atoms with van der Waals surface area (Å²) in [5, 5.41) is 4.75. The highest BCUT2D eigenvalue weighted by molar-refractivity contribution is 5.89. The van der Waals surface area contributed by atoms with Crippen LogP contribution in [0.1, 0.15) is 0 Å². The SMILES string of the molecule is Cn1cc2c(N)c(F)ccc2n1. The highest BCUT2D eigenvalue weighted by atomic mass is 19.1. The van der Waals surface area contributed by atoms with Gasteiger partial charge in [0.1, 0.15) is 5.82 Å². The first-order valence-corrected chi connectivity index (χ1v) is 3.56. The molecule has 0 radical (unpaired) electrons. The molecular formula is C8H8FN3. The second-order valence-electron chi connectivity index (χ2n) is 2.70. The van der Waals surface area contributed by atoms with Crippen LogP contribution in [0, 0.1) is 5.82 Å². The van der Waals surface area contributed by atoms with Gasteiger partial charge in [-0.15, -0.1) is 0 Å². The fourth-order valence-corrected chi connectivity index (χ4v) is 1.21. The van der Waals surface area contributed by atoms with Gasteiger partial charge in [-0.1, -0.05) is 0 Å². The van der Waals surface area contributed by atoms with Gasteiger partial charge < -0.3 is 5.73 Å². The number of hydrogen-bond acceptors (Lipinski definition) is 2. The van der Waals surface area contributed by atoms with Crippen molar-refractivity contribution in [2.75, 3.05) is 5.73 Å². The molecule has 2 N–H and O–H groups in total. The third-order valence-electron chi connectivity index (χ3n) is 1.79. The lowest BCUT2D eigenvalue weighted by Crippen LogP contribution is -1.89. The van der Waals surface area contributed by atoms with E-state index in [0.717, 1.165) is 5.52 Å². The van der Waals surface area contributed by atoms with Crippen LogP contribution in [0.15, 0.2) is 18.3 Å². The second kappa shape index (κ2) is 2.20. The van der Waals surface area contributed by atoms with Crippen LogP contribution in [-0.2, 0) is 7.05 Å². The van der Waals surface area contributed by atoms with Crippen molar-refractivity contribution in [3.63, 3.8) is 0 Å². The molecule has 0 aliphatic rings. The number of aromatic nitrogens is 2. The fraction of sp³-hybridized carbons (Fsp3) is 0.125. The maximum atomic E-state index is 12.9. The topological polar surface area (TPSA) is 43.8 Å². The highest BCUT2D eigenvalue weighted by Gasteiger charge is 2.05. The van der Waals surface area contributed by atoms with E-state index in [1.807, 2.05) is 0 Å². The number of rotatable bonds is 0. The molecule has 0 unspecified atom stereocenters. The van der Waals surface area contributed by atoms with Crippen molar-refractivity contribution in [3.05, 3.63) is 24.1 Å². The molecule has 0 spiro atoms. The summed E-state index contributed by atoms with van der Waals surface area (Å²) in [4.78, 5) is 0. The number of hydrogen-bond donors (Lipinski definition) is 1. The number of nitrogen functional groups attached to an aromatic ring is 1. The minimum Gasteiger partial charge on any atom is -0.396 e. The predicted molar refractivity (Wildman–Crippen MR) is 45.1 cm³/mol. The van der Waals surface area contributed by atoms with Gasteiger partial charge in [0.15, 0.2) is 0 Å². The number of fused-ring (bicyclic) bond motifs is 1. The molecule has 1 heterocycles. The fourth-order valence-electron chi connectivity index (χ4n) is 1.21. The number of anilines is 1. The number of nitrogens with zero attached hydrogens (tertiary/aromatic N) is 2. The molecule has 0 fully saturated rings. The molecule has 4 heteroatoms. The maximum absolute atomic E-state index is 12.9. The van der Waals surface area contributed by atoms with Gasteiger partial charge in [0, 0.05) is 18.6 Å². The third-order valence-corrected chi connectivity index (χ3v) is 1.79. The van der Waals surface area contributed by atoms with E-state index in [1.54, 1.807) is 24.0 Å².